The highest BCUT2D eigenvalue weighted by molar-refractivity contribution is 5.73. The Morgan fingerprint density at radius 1 is 0.389 bits per heavy atom. The molecule has 6 aliphatic heterocycles. The van der Waals surface area contributed by atoms with Crippen molar-refractivity contribution in [2.75, 3.05) is 33.0 Å². The van der Waals surface area contributed by atoms with Gasteiger partial charge in [0, 0.05) is 13.8 Å². The second-order valence-electron chi connectivity index (χ2n) is 18.3. The number of hydrogen-bond donors (Lipinski definition) is 19. The Kier molecular flexibility index (Phi) is 20.8. The van der Waals surface area contributed by atoms with Crippen molar-refractivity contribution in [2.45, 2.75) is 205 Å². The maximum absolute atomic E-state index is 12.8. The molecule has 6 aliphatic rings. The molecule has 0 bridgehead atoms. The quantitative estimate of drug-likeness (QED) is 0.0643. The normalized spacial score (nSPS) is 50.3. The number of ether oxygens (including phenoxy) is 11. The minimum atomic E-state index is -2.24. The first-order chi connectivity index (χ1) is 34.0. The van der Waals surface area contributed by atoms with E-state index in [9.17, 15) is 96.4 Å². The van der Waals surface area contributed by atoms with E-state index in [2.05, 4.69) is 10.6 Å². The molecule has 6 rings (SSSR count). The molecule has 30 atom stereocenters. The van der Waals surface area contributed by atoms with E-state index in [-0.39, 0.29) is 0 Å². The Morgan fingerprint density at radius 2 is 0.806 bits per heavy atom. The van der Waals surface area contributed by atoms with Crippen molar-refractivity contribution < 1.29 is 149 Å². The monoisotopic (exact) mass is 1060 g/mol. The lowest BCUT2D eigenvalue weighted by Gasteiger charge is -2.51. The number of aliphatic hydroxyl groups excluding tert-OH is 17. The zero-order chi connectivity index (χ0) is 53.2. The minimum absolute atomic E-state index is 0.768. The lowest BCUT2D eigenvalue weighted by molar-refractivity contribution is -0.387. The molecule has 6 fully saturated rings. The SMILES string of the molecule is CC(=O)N[C@@H]1[C@@H](O[C@H]2O[C@@H](C)[C@@H](O)[C@@H](O)[C@@H]2O)[C@H](O[C@@H]2O[C@H](CO)[C@@H](O[C@@H]3O[C@H](CO[C@H]4O[C@H](CO)[C@@H](O)[C@H](O)[C@@H]4O)[C@@H](O)[C@H](O[C@H]4O[C@H](CO)[C@@H](O)[C@H](O)[C@@H]4O)[C@@H]3O)[C@H](O)[C@H]2NC(C)=O)[C@@H](CO)O[C@H]1O. The second-order valence-corrected chi connectivity index (χ2v) is 18.3. The van der Waals surface area contributed by atoms with Gasteiger partial charge in [-0.15, -0.1) is 0 Å². The van der Waals surface area contributed by atoms with E-state index in [1.54, 1.807) is 0 Å². The molecule has 418 valence electrons. The maximum Gasteiger partial charge on any atom is 0.217 e. The summed E-state index contributed by atoms with van der Waals surface area (Å²) >= 11 is 0. The van der Waals surface area contributed by atoms with E-state index in [0.717, 1.165) is 13.8 Å². The van der Waals surface area contributed by atoms with Crippen LogP contribution in [0.3, 0.4) is 0 Å². The Balaban J connectivity index is 1.29. The number of nitrogens with one attached hydrogen (secondary N) is 2. The standard InChI is InChI=1S/C40H68N2O30/c1-9-19(49)24(54)28(58)38(63-9)71-33-18(42-11(3)48)35(61)64-15(7-46)32(33)70-36-17(41-10(2)47)23(53)31(14(6-45)67-36)69-40-30(60)34(72-39-29(59)26(56)21(51)13(5-44)66-39)22(52)16(68-40)8-62-37-27(57)25(55)20(50)12(4-43)65-37/h9,12-40,43-46,49-61H,4-8H2,1-3H3,(H,41,47)(H,42,48)/t9-,12+,13+,14+,15+,16+,17+,18+,19+,20+,21+,22+,23+,24+,25-,26-,27-,28-,29-,30-,31+,32+,33+,34-,35+,36-,37-,38+,39+,40-/m0/s1. The van der Waals surface area contributed by atoms with Gasteiger partial charge in [0.1, 0.15) is 140 Å². The van der Waals surface area contributed by atoms with Crippen molar-refractivity contribution in [2.24, 2.45) is 0 Å². The van der Waals surface area contributed by atoms with Gasteiger partial charge in [0.2, 0.25) is 11.8 Å². The van der Waals surface area contributed by atoms with Crippen LogP contribution >= 0.6 is 0 Å². The molecule has 0 aliphatic carbocycles. The summed E-state index contributed by atoms with van der Waals surface area (Å²) in [5.41, 5.74) is 0. The minimum Gasteiger partial charge on any atom is -0.394 e. The van der Waals surface area contributed by atoms with Gasteiger partial charge in [-0.2, -0.15) is 0 Å². The van der Waals surface area contributed by atoms with Crippen LogP contribution in [0.15, 0.2) is 0 Å². The molecule has 2 amide bonds. The first-order valence-electron chi connectivity index (χ1n) is 23.0. The predicted molar refractivity (Wildman–Crippen MR) is 221 cm³/mol. The first kappa shape index (κ1) is 59.1. The van der Waals surface area contributed by atoms with E-state index in [0.29, 0.717) is 0 Å². The smallest absolute Gasteiger partial charge is 0.217 e. The molecule has 32 nitrogen and oxygen atoms in total. The van der Waals surface area contributed by atoms with Crippen LogP contribution < -0.4 is 10.6 Å². The summed E-state index contributed by atoms with van der Waals surface area (Å²) in [6, 6.07) is -3.42. The lowest BCUT2D eigenvalue weighted by Crippen LogP contribution is -2.71. The summed E-state index contributed by atoms with van der Waals surface area (Å²) in [5.74, 6) is -1.62. The Hall–Kier alpha value is -2.18. The number of hydrogen-bond acceptors (Lipinski definition) is 30. The van der Waals surface area contributed by atoms with Gasteiger partial charge in [0.15, 0.2) is 37.7 Å². The van der Waals surface area contributed by atoms with Crippen molar-refractivity contribution in [1.82, 2.24) is 10.6 Å². The fourth-order valence-electron chi connectivity index (χ4n) is 9.15. The van der Waals surface area contributed by atoms with Crippen LogP contribution in [0.2, 0.25) is 0 Å². The molecule has 0 saturated carbocycles. The topological polar surface area (TPSA) is 504 Å². The number of carbonyl (C=O) groups excluding carboxylic acids is 2. The molecule has 0 spiro atoms. The summed E-state index contributed by atoms with van der Waals surface area (Å²) in [4.78, 5) is 25.2. The van der Waals surface area contributed by atoms with Crippen LogP contribution in [0.1, 0.15) is 20.8 Å². The van der Waals surface area contributed by atoms with E-state index < -0.39 is 229 Å². The fourth-order valence-corrected chi connectivity index (χ4v) is 9.15. The van der Waals surface area contributed by atoms with E-state index >= 15 is 0 Å². The van der Waals surface area contributed by atoms with Gasteiger partial charge in [-0.25, -0.2) is 0 Å². The second kappa shape index (κ2) is 25.3. The summed E-state index contributed by atoms with van der Waals surface area (Å²) < 4.78 is 63.4. The molecule has 32 heteroatoms. The molecular weight excluding hydrogens is 988 g/mol. The summed E-state index contributed by atoms with van der Waals surface area (Å²) in [7, 11) is 0. The van der Waals surface area contributed by atoms with Crippen molar-refractivity contribution in [3.63, 3.8) is 0 Å². The number of aliphatic hydroxyl groups is 17. The highest BCUT2D eigenvalue weighted by Gasteiger charge is 2.58. The average molecular weight is 1060 g/mol. The van der Waals surface area contributed by atoms with Crippen LogP contribution in [-0.2, 0) is 61.7 Å². The zero-order valence-electron chi connectivity index (χ0n) is 38.8. The predicted octanol–water partition coefficient (Wildman–Crippen LogP) is -12.8. The van der Waals surface area contributed by atoms with Crippen molar-refractivity contribution in [3.05, 3.63) is 0 Å². The largest absolute Gasteiger partial charge is 0.394 e. The molecule has 0 radical (unpaired) electrons. The summed E-state index contributed by atoms with van der Waals surface area (Å²) in [6.45, 7) is -1.30. The number of amides is 2. The van der Waals surface area contributed by atoms with Crippen LogP contribution in [0.25, 0.3) is 0 Å². The Morgan fingerprint density at radius 3 is 1.36 bits per heavy atom. The molecule has 0 unspecified atom stereocenters. The number of carbonyl (C=O) groups is 2. The van der Waals surface area contributed by atoms with Gasteiger partial charge in [-0.3, -0.25) is 9.59 Å². The average Bonchev–Trinajstić information content (AvgIpc) is 3.34. The van der Waals surface area contributed by atoms with E-state index in [4.69, 9.17) is 52.1 Å². The molecule has 6 heterocycles. The zero-order valence-corrected chi connectivity index (χ0v) is 38.8. The van der Waals surface area contributed by atoms with Crippen LogP contribution in [-0.4, -0.2) is 316 Å². The van der Waals surface area contributed by atoms with Crippen LogP contribution in [0.4, 0.5) is 0 Å². The molecule has 6 saturated heterocycles. The molecule has 0 aromatic heterocycles. The first-order valence-corrected chi connectivity index (χ1v) is 23.0. The van der Waals surface area contributed by atoms with Crippen molar-refractivity contribution in [1.29, 1.82) is 0 Å². The van der Waals surface area contributed by atoms with Gasteiger partial charge in [0.05, 0.1) is 39.1 Å². The molecule has 72 heavy (non-hydrogen) atoms. The summed E-state index contributed by atoms with van der Waals surface area (Å²) in [6.07, 6.45) is -52.0. The molecular formula is C40H68N2O30. The highest BCUT2D eigenvalue weighted by Crippen LogP contribution is 2.37. The van der Waals surface area contributed by atoms with Crippen molar-refractivity contribution in [3.8, 4) is 0 Å². The molecule has 0 aromatic carbocycles. The van der Waals surface area contributed by atoms with E-state index in [1.807, 2.05) is 0 Å². The third-order valence-electron chi connectivity index (χ3n) is 13.2. The Labute approximate surface area is 408 Å². The molecule has 0 aromatic rings. The number of rotatable bonds is 17. The van der Waals surface area contributed by atoms with Crippen molar-refractivity contribution >= 4 is 11.8 Å². The van der Waals surface area contributed by atoms with Gasteiger partial charge in [-0.1, -0.05) is 0 Å². The lowest BCUT2D eigenvalue weighted by atomic mass is 9.93. The van der Waals surface area contributed by atoms with Gasteiger partial charge >= 0.3 is 0 Å². The Bertz CT molecular complexity index is 1730. The highest BCUT2D eigenvalue weighted by atomic mass is 16.8. The van der Waals surface area contributed by atoms with Gasteiger partial charge < -0.3 is 150 Å². The third-order valence-corrected chi connectivity index (χ3v) is 13.2. The van der Waals surface area contributed by atoms with Gasteiger partial charge in [0.25, 0.3) is 0 Å². The maximum atomic E-state index is 12.8. The van der Waals surface area contributed by atoms with E-state index in [1.165, 1.54) is 6.92 Å². The molecule has 19 N–H and O–H groups in total. The third kappa shape index (κ3) is 12.6. The fraction of sp³-hybridized carbons (Fsp3) is 0.950. The van der Waals surface area contributed by atoms with Crippen LogP contribution in [0, 0.1) is 0 Å². The summed E-state index contributed by atoms with van der Waals surface area (Å²) in [5, 5.41) is 186. The van der Waals surface area contributed by atoms with Crippen LogP contribution in [0.5, 0.6) is 0 Å². The van der Waals surface area contributed by atoms with Gasteiger partial charge in [-0.05, 0) is 6.92 Å².